The van der Waals surface area contributed by atoms with E-state index in [9.17, 15) is 0 Å². The first-order valence-corrected chi connectivity index (χ1v) is 4.78. The van der Waals surface area contributed by atoms with E-state index in [-0.39, 0.29) is 0 Å². The molecule has 0 spiro atoms. The molecule has 0 aliphatic heterocycles. The summed E-state index contributed by atoms with van der Waals surface area (Å²) in [6.45, 7) is 2.52. The molecule has 0 bridgehead atoms. The van der Waals surface area contributed by atoms with Crippen molar-refractivity contribution in [3.63, 3.8) is 0 Å². The third kappa shape index (κ3) is 1.75. The number of hydrogen-bond acceptors (Lipinski definition) is 3. The quantitative estimate of drug-likeness (QED) is 0.744. The first-order chi connectivity index (χ1) is 7.35. The van der Waals surface area contributed by atoms with Crippen molar-refractivity contribution in [3.05, 3.63) is 36.0 Å². The van der Waals surface area contributed by atoms with Crippen molar-refractivity contribution in [1.29, 1.82) is 5.26 Å². The molecule has 2 rings (SSSR count). The minimum absolute atomic E-state index is 0.412. The van der Waals surface area contributed by atoms with Gasteiger partial charge in [0, 0.05) is 5.39 Å². The Morgan fingerprint density at radius 1 is 1.33 bits per heavy atom. The van der Waals surface area contributed by atoms with E-state index in [0.717, 1.165) is 16.7 Å². The molecular formula is C12H10N2O. The number of pyridine rings is 1. The van der Waals surface area contributed by atoms with E-state index in [0.29, 0.717) is 12.3 Å². The lowest BCUT2D eigenvalue weighted by Crippen LogP contribution is -1.94. The van der Waals surface area contributed by atoms with Gasteiger partial charge in [-0.15, -0.1) is 0 Å². The highest BCUT2D eigenvalue weighted by Gasteiger charge is 2.03. The first kappa shape index (κ1) is 9.47. The van der Waals surface area contributed by atoms with Crippen molar-refractivity contribution < 1.29 is 4.74 Å². The van der Waals surface area contributed by atoms with E-state index >= 15 is 0 Å². The van der Waals surface area contributed by atoms with Crippen LogP contribution in [0.1, 0.15) is 12.6 Å². The zero-order valence-corrected chi connectivity index (χ0v) is 8.40. The summed E-state index contributed by atoms with van der Waals surface area (Å²) in [6.07, 6.45) is 0. The lowest BCUT2D eigenvalue weighted by molar-refractivity contribution is 0.343. The number of aromatic nitrogens is 1. The average molecular weight is 198 g/mol. The molecule has 1 aromatic carbocycles. The van der Waals surface area contributed by atoms with Crippen LogP contribution < -0.4 is 4.74 Å². The van der Waals surface area contributed by atoms with E-state index < -0.39 is 0 Å². The summed E-state index contributed by atoms with van der Waals surface area (Å²) in [5, 5.41) is 9.75. The van der Waals surface area contributed by atoms with Crippen LogP contribution in [0.25, 0.3) is 10.9 Å². The molecule has 0 unspecified atom stereocenters. The van der Waals surface area contributed by atoms with Gasteiger partial charge in [-0.05, 0) is 25.1 Å². The molecule has 0 atom stereocenters. The van der Waals surface area contributed by atoms with Crippen LogP contribution in [-0.4, -0.2) is 11.6 Å². The summed E-state index contributed by atoms with van der Waals surface area (Å²) in [4.78, 5) is 4.23. The monoisotopic (exact) mass is 198 g/mol. The van der Waals surface area contributed by atoms with Crippen molar-refractivity contribution in [3.8, 4) is 11.8 Å². The Kier molecular flexibility index (Phi) is 2.51. The van der Waals surface area contributed by atoms with Gasteiger partial charge in [0.1, 0.15) is 23.0 Å². The molecule has 3 nitrogen and oxygen atoms in total. The molecule has 3 heteroatoms. The Morgan fingerprint density at radius 2 is 2.20 bits per heavy atom. The summed E-state index contributed by atoms with van der Waals surface area (Å²) in [6, 6.07) is 11.3. The molecule has 0 N–H and O–H groups in total. The maximum absolute atomic E-state index is 8.76. The van der Waals surface area contributed by atoms with Crippen molar-refractivity contribution in [1.82, 2.24) is 4.98 Å². The Balaban J connectivity index is 2.66. The number of nitrogens with zero attached hydrogens (tertiary/aromatic N) is 2. The molecule has 0 saturated carbocycles. The number of ether oxygens (including phenoxy) is 1. The van der Waals surface area contributed by atoms with Gasteiger partial charge in [0.25, 0.3) is 0 Å². The summed E-state index contributed by atoms with van der Waals surface area (Å²) in [5.74, 6) is 0.729. The molecule has 15 heavy (non-hydrogen) atoms. The number of fused-ring (bicyclic) bond motifs is 1. The van der Waals surface area contributed by atoms with E-state index in [1.165, 1.54) is 0 Å². The fourth-order valence-electron chi connectivity index (χ4n) is 1.45. The van der Waals surface area contributed by atoms with Gasteiger partial charge >= 0.3 is 0 Å². The highest BCUT2D eigenvalue weighted by Crippen LogP contribution is 2.23. The fraction of sp³-hybridized carbons (Fsp3) is 0.167. The van der Waals surface area contributed by atoms with Gasteiger partial charge in [-0.1, -0.05) is 12.1 Å². The largest absolute Gasteiger partial charge is 0.492 e. The number of benzene rings is 1. The van der Waals surface area contributed by atoms with Gasteiger partial charge in [-0.3, -0.25) is 0 Å². The molecule has 1 heterocycles. The van der Waals surface area contributed by atoms with Crippen LogP contribution in [0.5, 0.6) is 5.75 Å². The third-order valence-corrected chi connectivity index (χ3v) is 2.10. The van der Waals surface area contributed by atoms with Crippen LogP contribution in [0.15, 0.2) is 30.3 Å². The van der Waals surface area contributed by atoms with E-state index in [4.69, 9.17) is 10.00 Å². The van der Waals surface area contributed by atoms with Crippen LogP contribution in [-0.2, 0) is 0 Å². The molecule has 0 aliphatic rings. The second kappa shape index (κ2) is 3.97. The Bertz CT molecular complexity index is 529. The number of hydrogen-bond donors (Lipinski definition) is 0. The Morgan fingerprint density at radius 3 is 2.93 bits per heavy atom. The lowest BCUT2D eigenvalue weighted by atomic mass is 10.2. The zero-order valence-electron chi connectivity index (χ0n) is 8.40. The van der Waals surface area contributed by atoms with Gasteiger partial charge in [-0.25, -0.2) is 4.98 Å². The molecule has 74 valence electrons. The topological polar surface area (TPSA) is 45.9 Å². The minimum Gasteiger partial charge on any atom is -0.492 e. The molecular weight excluding hydrogens is 188 g/mol. The van der Waals surface area contributed by atoms with Crippen molar-refractivity contribution >= 4 is 10.9 Å². The average Bonchev–Trinajstić information content (AvgIpc) is 2.29. The highest BCUT2D eigenvalue weighted by molar-refractivity contribution is 5.84. The lowest BCUT2D eigenvalue weighted by Gasteiger charge is -2.05. The Labute approximate surface area is 87.9 Å². The predicted molar refractivity (Wildman–Crippen MR) is 57.6 cm³/mol. The first-order valence-electron chi connectivity index (χ1n) is 4.78. The third-order valence-electron chi connectivity index (χ3n) is 2.10. The van der Waals surface area contributed by atoms with Crippen molar-refractivity contribution in [2.24, 2.45) is 0 Å². The number of rotatable bonds is 2. The van der Waals surface area contributed by atoms with Gasteiger partial charge in [0.2, 0.25) is 0 Å². The predicted octanol–water partition coefficient (Wildman–Crippen LogP) is 2.51. The summed E-state index contributed by atoms with van der Waals surface area (Å²) >= 11 is 0. The summed E-state index contributed by atoms with van der Waals surface area (Å²) in [5.41, 5.74) is 1.16. The molecule has 0 fully saturated rings. The number of para-hydroxylation sites is 1. The maximum Gasteiger partial charge on any atom is 0.145 e. The smallest absolute Gasteiger partial charge is 0.145 e. The van der Waals surface area contributed by atoms with Crippen molar-refractivity contribution in [2.75, 3.05) is 6.61 Å². The van der Waals surface area contributed by atoms with Crippen LogP contribution in [0.4, 0.5) is 0 Å². The molecule has 0 radical (unpaired) electrons. The SMILES string of the molecule is CCOc1cccc2ccc(C#N)nc12. The fourth-order valence-corrected chi connectivity index (χ4v) is 1.45. The van der Waals surface area contributed by atoms with Crippen LogP contribution in [0, 0.1) is 11.3 Å². The standard InChI is InChI=1S/C12H10N2O/c1-2-15-11-5-3-4-9-6-7-10(8-13)14-12(9)11/h3-7H,2H2,1H3. The molecule has 2 aromatic rings. The van der Waals surface area contributed by atoms with Crippen LogP contribution >= 0.6 is 0 Å². The second-order valence-corrected chi connectivity index (χ2v) is 3.07. The second-order valence-electron chi connectivity index (χ2n) is 3.07. The minimum atomic E-state index is 0.412. The van der Waals surface area contributed by atoms with Gasteiger partial charge < -0.3 is 4.74 Å². The highest BCUT2D eigenvalue weighted by atomic mass is 16.5. The van der Waals surface area contributed by atoms with Gasteiger partial charge in [0.15, 0.2) is 0 Å². The summed E-state index contributed by atoms with van der Waals surface area (Å²) in [7, 11) is 0. The maximum atomic E-state index is 8.76. The summed E-state index contributed by atoms with van der Waals surface area (Å²) < 4.78 is 5.45. The Hall–Kier alpha value is -2.08. The van der Waals surface area contributed by atoms with E-state index in [1.54, 1.807) is 6.07 Å². The van der Waals surface area contributed by atoms with E-state index in [2.05, 4.69) is 4.98 Å². The molecule has 0 amide bonds. The van der Waals surface area contributed by atoms with Crippen LogP contribution in [0.3, 0.4) is 0 Å². The molecule has 1 aromatic heterocycles. The van der Waals surface area contributed by atoms with E-state index in [1.807, 2.05) is 37.3 Å². The molecule has 0 aliphatic carbocycles. The van der Waals surface area contributed by atoms with Crippen molar-refractivity contribution in [2.45, 2.75) is 6.92 Å². The normalized spacial score (nSPS) is 9.87. The molecule has 0 saturated heterocycles. The zero-order chi connectivity index (χ0) is 10.7. The van der Waals surface area contributed by atoms with Gasteiger partial charge in [0.05, 0.1) is 6.61 Å². The van der Waals surface area contributed by atoms with Crippen LogP contribution in [0.2, 0.25) is 0 Å². The van der Waals surface area contributed by atoms with Gasteiger partial charge in [-0.2, -0.15) is 5.26 Å². The number of nitriles is 1.